The SMILES string of the molecule is CCC(C)C(C)CS(=O)[O-]. The third-order valence-electron chi connectivity index (χ3n) is 2.01. The lowest BCUT2D eigenvalue weighted by Gasteiger charge is -2.18. The molecule has 0 saturated heterocycles. The molecule has 0 amide bonds. The largest absolute Gasteiger partial charge is 0.772 e. The smallest absolute Gasteiger partial charge is 0.0130 e. The Kier molecular flexibility index (Phi) is 4.91. The van der Waals surface area contributed by atoms with Crippen LogP contribution in [0.15, 0.2) is 0 Å². The second kappa shape index (κ2) is 4.85. The van der Waals surface area contributed by atoms with E-state index >= 15 is 0 Å². The Bertz CT molecular complexity index is 114. The minimum Gasteiger partial charge on any atom is -0.772 e. The average molecular weight is 163 g/mol. The normalized spacial score (nSPS) is 20.0. The van der Waals surface area contributed by atoms with E-state index in [2.05, 4.69) is 13.8 Å². The monoisotopic (exact) mass is 163 g/mol. The van der Waals surface area contributed by atoms with E-state index in [9.17, 15) is 8.76 Å². The first-order valence-electron chi connectivity index (χ1n) is 3.63. The first-order valence-corrected chi connectivity index (χ1v) is 4.88. The molecule has 0 aliphatic heterocycles. The van der Waals surface area contributed by atoms with Gasteiger partial charge in [-0.1, -0.05) is 38.3 Å². The van der Waals surface area contributed by atoms with Crippen molar-refractivity contribution in [2.24, 2.45) is 11.8 Å². The van der Waals surface area contributed by atoms with Crippen molar-refractivity contribution in [2.75, 3.05) is 5.75 Å². The summed E-state index contributed by atoms with van der Waals surface area (Å²) in [7, 11) is 0. The summed E-state index contributed by atoms with van der Waals surface area (Å²) in [4.78, 5) is 0. The van der Waals surface area contributed by atoms with Crippen molar-refractivity contribution in [3.8, 4) is 0 Å². The zero-order valence-corrected chi connectivity index (χ0v) is 7.61. The van der Waals surface area contributed by atoms with E-state index in [0.717, 1.165) is 6.42 Å². The molecule has 2 nitrogen and oxygen atoms in total. The highest BCUT2D eigenvalue weighted by Crippen LogP contribution is 2.14. The molecule has 0 rings (SSSR count). The van der Waals surface area contributed by atoms with E-state index in [-0.39, 0.29) is 0 Å². The van der Waals surface area contributed by atoms with Crippen molar-refractivity contribution in [1.29, 1.82) is 0 Å². The summed E-state index contributed by atoms with van der Waals surface area (Å²) >= 11 is -1.87. The van der Waals surface area contributed by atoms with E-state index < -0.39 is 11.1 Å². The van der Waals surface area contributed by atoms with Gasteiger partial charge in [-0.2, -0.15) is 0 Å². The molecule has 3 heteroatoms. The Hall–Kier alpha value is 0.110. The van der Waals surface area contributed by atoms with E-state index in [1.807, 2.05) is 6.92 Å². The number of hydrogen-bond acceptors (Lipinski definition) is 2. The predicted molar refractivity (Wildman–Crippen MR) is 42.4 cm³/mol. The molecule has 62 valence electrons. The maximum Gasteiger partial charge on any atom is 0.0130 e. The fourth-order valence-corrected chi connectivity index (χ4v) is 1.54. The van der Waals surface area contributed by atoms with Gasteiger partial charge in [0, 0.05) is 5.75 Å². The lowest BCUT2D eigenvalue weighted by atomic mass is 9.96. The summed E-state index contributed by atoms with van der Waals surface area (Å²) in [6, 6.07) is 0. The van der Waals surface area contributed by atoms with Crippen LogP contribution in [-0.2, 0) is 11.1 Å². The fraction of sp³-hybridized carbons (Fsp3) is 1.00. The highest BCUT2D eigenvalue weighted by molar-refractivity contribution is 7.79. The van der Waals surface area contributed by atoms with Gasteiger partial charge in [0.05, 0.1) is 0 Å². The molecule has 0 spiro atoms. The standard InChI is InChI=1S/C7H16O2S/c1-4-6(2)7(3)5-10(8)9/h6-7H,4-5H2,1-3H3,(H,8,9)/p-1. The zero-order chi connectivity index (χ0) is 8.15. The summed E-state index contributed by atoms with van der Waals surface area (Å²) in [5, 5.41) is 0. The van der Waals surface area contributed by atoms with E-state index in [1.54, 1.807) is 0 Å². The second-order valence-corrected chi connectivity index (χ2v) is 3.77. The molecule has 0 saturated carbocycles. The van der Waals surface area contributed by atoms with Gasteiger partial charge in [-0.05, 0) is 11.8 Å². The van der Waals surface area contributed by atoms with Crippen molar-refractivity contribution in [3.05, 3.63) is 0 Å². The molecule has 0 aliphatic carbocycles. The van der Waals surface area contributed by atoms with Crippen LogP contribution in [0, 0.1) is 11.8 Å². The first-order chi connectivity index (χ1) is 4.57. The van der Waals surface area contributed by atoms with Crippen LogP contribution >= 0.6 is 0 Å². The van der Waals surface area contributed by atoms with Crippen LogP contribution in [-0.4, -0.2) is 14.5 Å². The van der Waals surface area contributed by atoms with Crippen LogP contribution in [0.3, 0.4) is 0 Å². The molecular weight excluding hydrogens is 148 g/mol. The highest BCUT2D eigenvalue weighted by Gasteiger charge is 2.09. The van der Waals surface area contributed by atoms with E-state index in [4.69, 9.17) is 0 Å². The number of rotatable bonds is 4. The molecule has 0 aromatic heterocycles. The summed E-state index contributed by atoms with van der Waals surface area (Å²) in [6.45, 7) is 6.14. The lowest BCUT2D eigenvalue weighted by Crippen LogP contribution is -2.14. The van der Waals surface area contributed by atoms with Gasteiger partial charge in [0.2, 0.25) is 0 Å². The van der Waals surface area contributed by atoms with Crippen LogP contribution in [0.4, 0.5) is 0 Å². The second-order valence-electron chi connectivity index (χ2n) is 2.83. The molecule has 0 aromatic carbocycles. The minimum atomic E-state index is -1.87. The zero-order valence-electron chi connectivity index (χ0n) is 6.79. The Labute approximate surface area is 65.3 Å². The Balaban J connectivity index is 3.61. The Morgan fingerprint density at radius 3 is 2.20 bits per heavy atom. The van der Waals surface area contributed by atoms with Gasteiger partial charge in [-0.25, -0.2) is 0 Å². The van der Waals surface area contributed by atoms with Crippen molar-refractivity contribution in [2.45, 2.75) is 27.2 Å². The number of hydrogen-bond donors (Lipinski definition) is 0. The van der Waals surface area contributed by atoms with Crippen molar-refractivity contribution < 1.29 is 8.76 Å². The lowest BCUT2D eigenvalue weighted by molar-refractivity contribution is 0.402. The van der Waals surface area contributed by atoms with Gasteiger partial charge in [0.25, 0.3) is 0 Å². The van der Waals surface area contributed by atoms with E-state index in [1.165, 1.54) is 0 Å². The van der Waals surface area contributed by atoms with Crippen molar-refractivity contribution in [1.82, 2.24) is 0 Å². The molecule has 0 aliphatic rings. The third-order valence-corrected chi connectivity index (χ3v) is 2.81. The summed E-state index contributed by atoms with van der Waals surface area (Å²) in [6.07, 6.45) is 1.05. The molecule has 0 bridgehead atoms. The van der Waals surface area contributed by atoms with Gasteiger partial charge in [0.15, 0.2) is 0 Å². The molecule has 0 N–H and O–H groups in total. The van der Waals surface area contributed by atoms with Crippen molar-refractivity contribution >= 4 is 11.1 Å². The van der Waals surface area contributed by atoms with Crippen LogP contribution in [0.2, 0.25) is 0 Å². The van der Waals surface area contributed by atoms with Gasteiger partial charge in [0.1, 0.15) is 0 Å². The minimum absolute atomic E-state index is 0.295. The topological polar surface area (TPSA) is 40.1 Å². The molecular formula is C7H15O2S-. The maximum atomic E-state index is 10.2. The van der Waals surface area contributed by atoms with Gasteiger partial charge in [-0.15, -0.1) is 0 Å². The molecule has 0 heterocycles. The molecule has 3 atom stereocenters. The van der Waals surface area contributed by atoms with Gasteiger partial charge in [-0.3, -0.25) is 4.21 Å². The van der Waals surface area contributed by atoms with Crippen LogP contribution in [0.1, 0.15) is 27.2 Å². The maximum absolute atomic E-state index is 10.2. The fourth-order valence-electron chi connectivity index (χ4n) is 0.781. The molecule has 0 radical (unpaired) electrons. The molecule has 3 unspecified atom stereocenters. The van der Waals surface area contributed by atoms with E-state index in [0.29, 0.717) is 17.6 Å². The first kappa shape index (κ1) is 10.1. The average Bonchev–Trinajstić information content (AvgIpc) is 1.85. The highest BCUT2D eigenvalue weighted by atomic mass is 32.2. The summed E-state index contributed by atoms with van der Waals surface area (Å²) in [5.41, 5.74) is 0. The predicted octanol–water partition coefficient (Wildman–Crippen LogP) is 1.55. The van der Waals surface area contributed by atoms with Crippen molar-refractivity contribution in [3.63, 3.8) is 0 Å². The Morgan fingerprint density at radius 1 is 1.40 bits per heavy atom. The van der Waals surface area contributed by atoms with Crippen LogP contribution < -0.4 is 0 Å². The van der Waals surface area contributed by atoms with Crippen LogP contribution in [0.5, 0.6) is 0 Å². The van der Waals surface area contributed by atoms with Gasteiger partial charge >= 0.3 is 0 Å². The molecule has 0 aromatic rings. The van der Waals surface area contributed by atoms with Crippen LogP contribution in [0.25, 0.3) is 0 Å². The third kappa shape index (κ3) is 4.01. The van der Waals surface area contributed by atoms with Gasteiger partial charge < -0.3 is 4.55 Å². The molecule has 0 fully saturated rings. The Morgan fingerprint density at radius 2 is 1.90 bits per heavy atom. The summed E-state index contributed by atoms with van der Waals surface area (Å²) < 4.78 is 20.5. The molecule has 10 heavy (non-hydrogen) atoms. The summed E-state index contributed by atoms with van der Waals surface area (Å²) in [5.74, 6) is 1.11. The quantitative estimate of drug-likeness (QED) is 0.590.